The van der Waals surface area contributed by atoms with E-state index in [9.17, 15) is 9.18 Å². The maximum atomic E-state index is 13.1. The van der Waals surface area contributed by atoms with E-state index >= 15 is 0 Å². The van der Waals surface area contributed by atoms with Gasteiger partial charge in [-0.15, -0.1) is 0 Å². The van der Waals surface area contributed by atoms with Gasteiger partial charge in [-0.1, -0.05) is 56.3 Å². The van der Waals surface area contributed by atoms with E-state index < -0.39 is 0 Å². The van der Waals surface area contributed by atoms with Crippen molar-refractivity contribution in [1.82, 2.24) is 0 Å². The third-order valence-corrected chi connectivity index (χ3v) is 4.57. The summed E-state index contributed by atoms with van der Waals surface area (Å²) in [5.74, 6) is 0.529. The molecule has 0 radical (unpaired) electrons. The van der Waals surface area contributed by atoms with Crippen LogP contribution in [-0.4, -0.2) is 12.7 Å². The van der Waals surface area contributed by atoms with Crippen molar-refractivity contribution in [2.45, 2.75) is 32.9 Å². The molecule has 0 bridgehead atoms. The number of rotatable bonds is 5. The van der Waals surface area contributed by atoms with Crippen LogP contribution < -0.4 is 9.64 Å². The Balaban J connectivity index is 0.000000757. The highest BCUT2D eigenvalue weighted by Crippen LogP contribution is 2.39. The maximum Gasteiger partial charge on any atom is 0.230 e. The van der Waals surface area contributed by atoms with Gasteiger partial charge in [0.05, 0.1) is 12.5 Å². The minimum absolute atomic E-state index is 0.0175. The van der Waals surface area contributed by atoms with Crippen LogP contribution in [0, 0.1) is 5.82 Å². The van der Waals surface area contributed by atoms with E-state index in [0.29, 0.717) is 13.0 Å². The minimum atomic E-state index is -0.307. The minimum Gasteiger partial charge on any atom is -0.489 e. The quantitative estimate of drug-likeness (QED) is 0.508. The summed E-state index contributed by atoms with van der Waals surface area (Å²) in [7, 11) is 0. The van der Waals surface area contributed by atoms with E-state index in [4.69, 9.17) is 9.53 Å². The van der Waals surface area contributed by atoms with Crippen LogP contribution in [0.15, 0.2) is 78.9 Å². The van der Waals surface area contributed by atoms with Crippen LogP contribution in [0.5, 0.6) is 5.75 Å². The van der Waals surface area contributed by atoms with Gasteiger partial charge < -0.3 is 14.4 Å². The van der Waals surface area contributed by atoms with Crippen molar-refractivity contribution in [1.29, 1.82) is 0 Å². The van der Waals surface area contributed by atoms with Gasteiger partial charge in [0.15, 0.2) is 0 Å². The molecule has 30 heavy (non-hydrogen) atoms. The Morgan fingerprint density at radius 3 is 2.10 bits per heavy atom. The van der Waals surface area contributed by atoms with Gasteiger partial charge in [0.2, 0.25) is 5.91 Å². The van der Waals surface area contributed by atoms with Crippen LogP contribution >= 0.6 is 0 Å². The molecule has 4 rings (SSSR count). The van der Waals surface area contributed by atoms with Crippen LogP contribution in [0.1, 0.15) is 37.4 Å². The molecule has 1 aliphatic rings. The van der Waals surface area contributed by atoms with Gasteiger partial charge in [0.25, 0.3) is 0 Å². The predicted octanol–water partition coefficient (Wildman–Crippen LogP) is 5.72. The number of β-lactam (4-membered cyclic amide) rings is 1. The first-order valence-electron chi connectivity index (χ1n) is 9.84. The second-order valence-corrected chi connectivity index (χ2v) is 6.30. The molecule has 1 aliphatic heterocycles. The molecule has 1 amide bonds. The summed E-state index contributed by atoms with van der Waals surface area (Å²) in [4.78, 5) is 21.7. The molecule has 4 nitrogen and oxygen atoms in total. The molecule has 1 fully saturated rings. The fourth-order valence-electron chi connectivity index (χ4n) is 3.14. The normalized spacial score (nSPS) is 14.4. The number of halogens is 1. The lowest BCUT2D eigenvalue weighted by Crippen LogP contribution is -2.46. The van der Waals surface area contributed by atoms with E-state index in [0.717, 1.165) is 22.6 Å². The van der Waals surface area contributed by atoms with Crippen molar-refractivity contribution < 1.29 is 18.7 Å². The van der Waals surface area contributed by atoms with E-state index in [1.54, 1.807) is 17.0 Å². The zero-order chi connectivity index (χ0) is 21.9. The van der Waals surface area contributed by atoms with Crippen molar-refractivity contribution in [3.63, 3.8) is 0 Å². The summed E-state index contributed by atoms with van der Waals surface area (Å²) < 4.78 is 18.9. The Kier molecular flexibility index (Phi) is 8.75. The molecular weight excluding hydrogens is 381 g/mol. The molecule has 0 saturated carbocycles. The molecule has 0 aliphatic carbocycles. The highest BCUT2D eigenvalue weighted by molar-refractivity contribution is 6.01. The molecule has 0 N–H and O–H groups in total. The van der Waals surface area contributed by atoms with Crippen LogP contribution in [0.2, 0.25) is 0 Å². The number of hydrogen-bond acceptors (Lipinski definition) is 3. The lowest BCUT2D eigenvalue weighted by Gasteiger charge is -2.40. The first-order chi connectivity index (χ1) is 14.7. The third-order valence-electron chi connectivity index (χ3n) is 4.57. The Labute approximate surface area is 176 Å². The van der Waals surface area contributed by atoms with Gasteiger partial charge in [-0.3, -0.25) is 4.79 Å². The average Bonchev–Trinajstić information content (AvgIpc) is 2.81. The van der Waals surface area contributed by atoms with Crippen molar-refractivity contribution >= 4 is 18.4 Å². The molecule has 0 spiro atoms. The molecule has 1 unspecified atom stereocenters. The highest BCUT2D eigenvalue weighted by Gasteiger charge is 2.38. The van der Waals surface area contributed by atoms with Crippen molar-refractivity contribution in [3.8, 4) is 5.75 Å². The highest BCUT2D eigenvalue weighted by atomic mass is 19.1. The summed E-state index contributed by atoms with van der Waals surface area (Å²) in [5, 5.41) is 0. The van der Waals surface area contributed by atoms with Crippen molar-refractivity contribution in [2.75, 3.05) is 4.90 Å². The van der Waals surface area contributed by atoms with Crippen LogP contribution in [-0.2, 0) is 16.2 Å². The zero-order valence-electron chi connectivity index (χ0n) is 17.3. The number of carbonyl (C=O) groups excluding carboxylic acids is 2. The Bertz CT molecular complexity index is 911. The number of ether oxygens (including phenoxy) is 1. The molecule has 0 aromatic heterocycles. The first kappa shape index (κ1) is 22.8. The van der Waals surface area contributed by atoms with Crippen molar-refractivity contribution in [3.05, 3.63) is 95.8 Å². The van der Waals surface area contributed by atoms with E-state index in [-0.39, 0.29) is 17.8 Å². The van der Waals surface area contributed by atoms with Gasteiger partial charge >= 0.3 is 0 Å². The molecule has 3 aromatic carbocycles. The Morgan fingerprint density at radius 1 is 0.933 bits per heavy atom. The molecule has 1 saturated heterocycles. The SMILES string of the molecule is C=O.CC.O=C1CC(c2ccc(OCc3ccccc3)cc2)N1c1ccc(F)cc1. The average molecular weight is 407 g/mol. The summed E-state index contributed by atoms with van der Waals surface area (Å²) in [6.07, 6.45) is 0.460. The van der Waals surface area contributed by atoms with Gasteiger partial charge in [0.1, 0.15) is 25.0 Å². The van der Waals surface area contributed by atoms with Gasteiger partial charge in [0, 0.05) is 5.69 Å². The van der Waals surface area contributed by atoms with Gasteiger partial charge in [-0.25, -0.2) is 4.39 Å². The summed E-state index contributed by atoms with van der Waals surface area (Å²) in [6.45, 7) is 6.52. The fraction of sp³-hybridized carbons (Fsp3) is 0.200. The lowest BCUT2D eigenvalue weighted by molar-refractivity contribution is -0.124. The fourth-order valence-corrected chi connectivity index (χ4v) is 3.14. The van der Waals surface area contributed by atoms with Crippen molar-refractivity contribution in [2.24, 2.45) is 0 Å². The van der Waals surface area contributed by atoms with E-state index in [2.05, 4.69) is 0 Å². The Hall–Kier alpha value is -3.47. The van der Waals surface area contributed by atoms with E-state index in [1.807, 2.05) is 75.2 Å². The maximum absolute atomic E-state index is 13.1. The second kappa shape index (κ2) is 11.5. The number of amides is 1. The summed E-state index contributed by atoms with van der Waals surface area (Å²) in [5.41, 5.74) is 2.88. The number of anilines is 1. The van der Waals surface area contributed by atoms with Crippen LogP contribution in [0.4, 0.5) is 10.1 Å². The van der Waals surface area contributed by atoms with Gasteiger partial charge in [-0.05, 0) is 47.5 Å². The Morgan fingerprint density at radius 2 is 1.53 bits per heavy atom. The number of hydrogen-bond donors (Lipinski definition) is 0. The molecule has 1 heterocycles. The number of benzene rings is 3. The molecule has 1 atom stereocenters. The molecular formula is C25H26FNO3. The molecule has 3 aromatic rings. The van der Waals surface area contributed by atoms with E-state index in [1.165, 1.54) is 12.1 Å². The summed E-state index contributed by atoms with van der Waals surface area (Å²) in [6, 6.07) is 23.8. The van der Waals surface area contributed by atoms with Gasteiger partial charge in [-0.2, -0.15) is 0 Å². The standard InChI is InChI=1S/C22H18FNO2.C2H6.CH2O/c23-18-8-10-19(11-9-18)24-21(14-22(24)25)17-6-12-20(13-7-17)26-15-16-4-2-1-3-5-16;2*1-2/h1-13,21H,14-15H2;1-2H3;1H2. The smallest absolute Gasteiger partial charge is 0.230 e. The first-order valence-corrected chi connectivity index (χ1v) is 9.84. The number of carbonyl (C=O) groups is 2. The van der Waals surface area contributed by atoms with Crippen LogP contribution in [0.25, 0.3) is 0 Å². The second-order valence-electron chi connectivity index (χ2n) is 6.30. The molecule has 156 valence electrons. The predicted molar refractivity (Wildman–Crippen MR) is 117 cm³/mol. The van der Waals surface area contributed by atoms with Crippen LogP contribution in [0.3, 0.4) is 0 Å². The molecule has 5 heteroatoms. The topological polar surface area (TPSA) is 46.6 Å². The monoisotopic (exact) mass is 407 g/mol. The number of nitrogens with zero attached hydrogens (tertiary/aromatic N) is 1. The zero-order valence-corrected chi connectivity index (χ0v) is 17.3. The largest absolute Gasteiger partial charge is 0.489 e. The summed E-state index contributed by atoms with van der Waals surface area (Å²) >= 11 is 0. The lowest BCUT2D eigenvalue weighted by atomic mass is 9.93. The third kappa shape index (κ3) is 5.54.